The zero-order valence-electron chi connectivity index (χ0n) is 25.3. The number of ketones is 1. The molecule has 1 aliphatic heterocycles. The number of fused-ring (bicyclic) bond motifs is 1. The minimum absolute atomic E-state index is 0.00109. The summed E-state index contributed by atoms with van der Waals surface area (Å²) >= 11 is 5.92. The number of primary amides is 1. The van der Waals surface area contributed by atoms with Crippen molar-refractivity contribution in [2.24, 2.45) is 5.73 Å². The molecular formula is C33H32ClNO11. The Morgan fingerprint density at radius 1 is 1.07 bits per heavy atom. The quantitative estimate of drug-likeness (QED) is 0.163. The molecule has 1 aliphatic rings. The highest BCUT2D eigenvalue weighted by Crippen LogP contribution is 2.38. The van der Waals surface area contributed by atoms with Crippen molar-refractivity contribution in [1.29, 1.82) is 0 Å². The van der Waals surface area contributed by atoms with Gasteiger partial charge in [0, 0.05) is 29.7 Å². The Bertz CT molecular complexity index is 1840. The molecule has 0 bridgehead atoms. The number of carbonyl (C=O) groups excluding carboxylic acids is 2. The van der Waals surface area contributed by atoms with E-state index in [1.807, 2.05) is 0 Å². The zero-order valence-corrected chi connectivity index (χ0v) is 26.1. The first-order valence-corrected chi connectivity index (χ1v) is 14.5. The molecule has 1 aromatic heterocycles. The lowest BCUT2D eigenvalue weighted by molar-refractivity contribution is -0.304. The van der Waals surface area contributed by atoms with E-state index < -0.39 is 59.9 Å². The number of hydrogen-bond acceptors (Lipinski definition) is 11. The van der Waals surface area contributed by atoms with Gasteiger partial charge in [-0.3, -0.25) is 4.79 Å². The Labute approximate surface area is 268 Å². The average Bonchev–Trinajstić information content (AvgIpc) is 3.00. The highest BCUT2D eigenvalue weighted by molar-refractivity contribution is 6.30. The van der Waals surface area contributed by atoms with E-state index in [0.29, 0.717) is 22.1 Å². The average molecular weight is 654 g/mol. The molecule has 0 radical (unpaired) electrons. The second-order valence-electron chi connectivity index (χ2n) is 11.2. The first-order chi connectivity index (χ1) is 21.8. The summed E-state index contributed by atoms with van der Waals surface area (Å²) < 4.78 is 33.8. The molecule has 3 aromatic carbocycles. The van der Waals surface area contributed by atoms with Crippen LogP contribution in [0.4, 0.5) is 4.79 Å². The third kappa shape index (κ3) is 6.65. The molecule has 5 rings (SSSR count). The SMILES string of the molecule is CO[C@@H]1[C@@H](OC(N)=O)[C@@H](O)[C@H](Oc2ccc3c(O)c(CC(=O)c4cccc(Oc5ccc(Cl)cc5)c4)c(=O)oc3c2C)OC1(C)C. The van der Waals surface area contributed by atoms with Gasteiger partial charge in [-0.2, -0.15) is 0 Å². The number of rotatable bonds is 9. The summed E-state index contributed by atoms with van der Waals surface area (Å²) in [6, 6.07) is 16.1. The van der Waals surface area contributed by atoms with Crippen LogP contribution in [0, 0.1) is 6.92 Å². The van der Waals surface area contributed by atoms with Crippen LogP contribution in [0.3, 0.4) is 0 Å². The van der Waals surface area contributed by atoms with Crippen molar-refractivity contribution >= 4 is 34.4 Å². The molecule has 0 saturated carbocycles. The van der Waals surface area contributed by atoms with Gasteiger partial charge in [-0.05, 0) is 69.3 Å². The maximum atomic E-state index is 13.2. The molecule has 4 atom stereocenters. The molecule has 0 aliphatic carbocycles. The van der Waals surface area contributed by atoms with E-state index in [1.165, 1.54) is 25.3 Å². The standard InChI is InChI=1S/C33H32ClNO11/c1-16-24(43-31-26(38)28(45-32(35)40)29(41-4)33(2,3)46-31)13-12-21-25(37)22(30(39)44-27(16)21)15-23(36)17-6-5-7-20(14-17)42-19-10-8-18(34)9-11-19/h5-14,26,28-29,31,37-38H,15H2,1-4H3,(H2,35,40)/t26-,28+,29-,31-/m1/s1. The number of benzene rings is 3. The number of aromatic hydroxyl groups is 1. The first kappa shape index (κ1) is 32.8. The van der Waals surface area contributed by atoms with Crippen molar-refractivity contribution in [3.05, 3.63) is 92.8 Å². The molecule has 1 amide bonds. The summed E-state index contributed by atoms with van der Waals surface area (Å²) in [5.74, 6) is 0.188. The number of aliphatic hydroxyl groups excluding tert-OH is 1. The van der Waals surface area contributed by atoms with Crippen LogP contribution in [0.2, 0.25) is 5.02 Å². The van der Waals surface area contributed by atoms with E-state index in [4.69, 9.17) is 45.4 Å². The van der Waals surface area contributed by atoms with Crippen molar-refractivity contribution < 1.29 is 47.9 Å². The predicted octanol–water partition coefficient (Wildman–Crippen LogP) is 5.03. The highest BCUT2D eigenvalue weighted by atomic mass is 35.5. The molecule has 1 fully saturated rings. The number of nitrogens with two attached hydrogens (primary N) is 1. The topological polar surface area (TPSA) is 177 Å². The molecule has 13 heteroatoms. The van der Waals surface area contributed by atoms with Gasteiger partial charge in [-0.25, -0.2) is 9.59 Å². The minimum Gasteiger partial charge on any atom is -0.507 e. The van der Waals surface area contributed by atoms with Crippen molar-refractivity contribution in [1.82, 2.24) is 0 Å². The van der Waals surface area contributed by atoms with Gasteiger partial charge in [-0.1, -0.05) is 23.7 Å². The summed E-state index contributed by atoms with van der Waals surface area (Å²) in [6.45, 7) is 4.90. The lowest BCUT2D eigenvalue weighted by Gasteiger charge is -2.47. The summed E-state index contributed by atoms with van der Waals surface area (Å²) in [6.07, 6.45) is -6.51. The minimum atomic E-state index is -1.51. The number of halogens is 1. The van der Waals surface area contributed by atoms with Crippen molar-refractivity contribution in [3.8, 4) is 23.0 Å². The fourth-order valence-electron chi connectivity index (χ4n) is 5.39. The van der Waals surface area contributed by atoms with Crippen LogP contribution in [0.25, 0.3) is 11.0 Å². The summed E-state index contributed by atoms with van der Waals surface area (Å²) in [7, 11) is 1.37. The Morgan fingerprint density at radius 3 is 2.46 bits per heavy atom. The normalized spacial score (nSPS) is 20.7. The number of ether oxygens (including phenoxy) is 5. The van der Waals surface area contributed by atoms with E-state index in [2.05, 4.69) is 0 Å². The van der Waals surface area contributed by atoms with Crippen LogP contribution in [0.1, 0.15) is 35.3 Å². The van der Waals surface area contributed by atoms with E-state index in [9.17, 15) is 24.6 Å². The van der Waals surface area contributed by atoms with Gasteiger partial charge in [0.1, 0.15) is 34.7 Å². The van der Waals surface area contributed by atoms with Crippen LogP contribution in [0.15, 0.2) is 69.9 Å². The van der Waals surface area contributed by atoms with Gasteiger partial charge in [0.15, 0.2) is 18.0 Å². The summed E-state index contributed by atoms with van der Waals surface area (Å²) in [5, 5.41) is 22.8. The molecule has 242 valence electrons. The summed E-state index contributed by atoms with van der Waals surface area (Å²) in [4.78, 5) is 37.8. The Hall–Kier alpha value is -4.62. The predicted molar refractivity (Wildman–Crippen MR) is 166 cm³/mol. The number of Topliss-reactive ketones (excluding diaryl/α,β-unsaturated/α-hetero) is 1. The second-order valence-corrected chi connectivity index (χ2v) is 11.7. The second kappa shape index (κ2) is 13.0. The smallest absolute Gasteiger partial charge is 0.404 e. The molecular weight excluding hydrogens is 622 g/mol. The fourth-order valence-corrected chi connectivity index (χ4v) is 5.52. The molecule has 0 spiro atoms. The molecule has 46 heavy (non-hydrogen) atoms. The number of hydrogen-bond donors (Lipinski definition) is 3. The largest absolute Gasteiger partial charge is 0.507 e. The molecule has 2 heterocycles. The molecule has 12 nitrogen and oxygen atoms in total. The lowest BCUT2D eigenvalue weighted by atomic mass is 9.89. The molecule has 1 saturated heterocycles. The fraction of sp³-hybridized carbons (Fsp3) is 0.303. The Balaban J connectivity index is 1.39. The Kier molecular flexibility index (Phi) is 9.27. The van der Waals surface area contributed by atoms with Crippen molar-refractivity contribution in [2.75, 3.05) is 7.11 Å². The van der Waals surface area contributed by atoms with Crippen molar-refractivity contribution in [2.45, 2.75) is 57.4 Å². The van der Waals surface area contributed by atoms with Crippen LogP contribution < -0.4 is 20.8 Å². The van der Waals surface area contributed by atoms with Gasteiger partial charge in [-0.15, -0.1) is 0 Å². The molecule has 0 unspecified atom stereocenters. The van der Waals surface area contributed by atoms with E-state index in [0.717, 1.165) is 0 Å². The van der Waals surface area contributed by atoms with Gasteiger partial charge in [0.05, 0.1) is 16.6 Å². The Morgan fingerprint density at radius 2 is 1.78 bits per heavy atom. The highest BCUT2D eigenvalue weighted by Gasteiger charge is 2.53. The first-order valence-electron chi connectivity index (χ1n) is 14.2. The van der Waals surface area contributed by atoms with Gasteiger partial charge in [0.2, 0.25) is 6.29 Å². The van der Waals surface area contributed by atoms with Crippen LogP contribution in [-0.4, -0.2) is 59.4 Å². The third-order valence-corrected chi connectivity index (χ3v) is 7.90. The van der Waals surface area contributed by atoms with Gasteiger partial charge >= 0.3 is 11.7 Å². The lowest BCUT2D eigenvalue weighted by Crippen LogP contribution is -2.65. The number of amides is 1. The van der Waals surface area contributed by atoms with E-state index in [1.54, 1.807) is 63.2 Å². The van der Waals surface area contributed by atoms with E-state index >= 15 is 0 Å². The van der Waals surface area contributed by atoms with Crippen LogP contribution in [0.5, 0.6) is 23.0 Å². The van der Waals surface area contributed by atoms with Crippen molar-refractivity contribution in [3.63, 3.8) is 0 Å². The number of carbonyl (C=O) groups is 2. The van der Waals surface area contributed by atoms with Gasteiger partial charge in [0.25, 0.3) is 0 Å². The number of aliphatic hydroxyl groups is 1. The summed E-state index contributed by atoms with van der Waals surface area (Å²) in [5.41, 5.74) is 3.54. The third-order valence-electron chi connectivity index (χ3n) is 7.65. The van der Waals surface area contributed by atoms with E-state index in [-0.39, 0.29) is 27.8 Å². The molecule has 4 N–H and O–H groups in total. The van der Waals surface area contributed by atoms with Crippen LogP contribution in [-0.2, 0) is 20.6 Å². The zero-order chi connectivity index (χ0) is 33.3. The van der Waals surface area contributed by atoms with Crippen LogP contribution >= 0.6 is 11.6 Å². The number of aryl methyl sites for hydroxylation is 1. The molecule has 4 aromatic rings. The monoisotopic (exact) mass is 653 g/mol. The number of methoxy groups -OCH3 is 1. The maximum Gasteiger partial charge on any atom is 0.404 e. The van der Waals surface area contributed by atoms with Gasteiger partial charge < -0.3 is 44.0 Å². The maximum absolute atomic E-state index is 13.2.